The molecule has 0 saturated carbocycles. The van der Waals surface area contributed by atoms with Crippen molar-refractivity contribution in [1.29, 1.82) is 0 Å². The molecular formula is C21H18ClNO7. The van der Waals surface area contributed by atoms with Gasteiger partial charge in [-0.05, 0) is 42.0 Å². The summed E-state index contributed by atoms with van der Waals surface area (Å²) in [5.41, 5.74) is 0.414. The minimum atomic E-state index is -1.30. The third-order valence-corrected chi connectivity index (χ3v) is 4.94. The lowest BCUT2D eigenvalue weighted by atomic mass is 9.95. The number of Topliss-reactive ketones (excluding diaryl/α,β-unsaturated/α-hetero) is 1. The molecule has 1 fully saturated rings. The van der Waals surface area contributed by atoms with E-state index in [4.69, 9.17) is 21.1 Å². The molecule has 1 amide bonds. The number of likely N-dealkylation sites (tertiary alicyclic amines) is 1. The van der Waals surface area contributed by atoms with Gasteiger partial charge in [0.05, 0.1) is 25.8 Å². The molecule has 1 aliphatic heterocycles. The summed E-state index contributed by atoms with van der Waals surface area (Å²) in [7, 11) is 2.87. The number of hydrogen-bond donors (Lipinski definition) is 2. The lowest BCUT2D eigenvalue weighted by Gasteiger charge is -2.24. The first kappa shape index (κ1) is 21.2. The molecule has 8 nitrogen and oxygen atoms in total. The number of halogens is 1. The van der Waals surface area contributed by atoms with Gasteiger partial charge in [0.25, 0.3) is 11.7 Å². The fraction of sp³-hybridized carbons (Fsp3) is 0.190. The molecule has 1 saturated heterocycles. The maximum atomic E-state index is 12.8. The number of amides is 1. The largest absolute Gasteiger partial charge is 0.507 e. The van der Waals surface area contributed by atoms with Gasteiger partial charge in [0.1, 0.15) is 12.3 Å². The van der Waals surface area contributed by atoms with E-state index in [0.29, 0.717) is 22.1 Å². The highest BCUT2D eigenvalue weighted by Crippen LogP contribution is 2.41. The fourth-order valence-corrected chi connectivity index (χ4v) is 3.45. The number of methoxy groups -OCH3 is 2. The van der Waals surface area contributed by atoms with Crippen LogP contribution in [0.4, 0.5) is 0 Å². The SMILES string of the molecule is COc1ccc(C2/C(=C(\O)c3ccc(Cl)cc3)C(=O)C(=O)N2CC(=O)O)cc1OC. The number of aliphatic hydroxyl groups excluding tert-OH is 1. The van der Waals surface area contributed by atoms with Crippen molar-refractivity contribution < 1.29 is 34.1 Å². The normalized spacial score (nSPS) is 17.8. The molecule has 30 heavy (non-hydrogen) atoms. The van der Waals surface area contributed by atoms with Crippen molar-refractivity contribution in [3.8, 4) is 11.5 Å². The van der Waals surface area contributed by atoms with E-state index < -0.39 is 36.0 Å². The Morgan fingerprint density at radius 3 is 2.23 bits per heavy atom. The van der Waals surface area contributed by atoms with Gasteiger partial charge < -0.3 is 24.6 Å². The molecule has 0 aromatic heterocycles. The number of aliphatic hydroxyl groups is 1. The topological polar surface area (TPSA) is 113 Å². The summed E-state index contributed by atoms with van der Waals surface area (Å²) in [5, 5.41) is 20.5. The average molecular weight is 432 g/mol. The maximum absolute atomic E-state index is 12.8. The Morgan fingerprint density at radius 1 is 1.03 bits per heavy atom. The van der Waals surface area contributed by atoms with E-state index in [1.165, 1.54) is 44.6 Å². The van der Waals surface area contributed by atoms with E-state index in [0.717, 1.165) is 4.90 Å². The zero-order valence-corrected chi connectivity index (χ0v) is 16.8. The van der Waals surface area contributed by atoms with Gasteiger partial charge in [-0.3, -0.25) is 14.4 Å². The number of nitrogens with zero attached hydrogens (tertiary/aromatic N) is 1. The second-order valence-electron chi connectivity index (χ2n) is 6.44. The van der Waals surface area contributed by atoms with Crippen LogP contribution in [0, 0.1) is 0 Å². The third kappa shape index (κ3) is 3.81. The molecule has 1 atom stereocenters. The van der Waals surface area contributed by atoms with Gasteiger partial charge in [-0.15, -0.1) is 0 Å². The van der Waals surface area contributed by atoms with E-state index in [1.807, 2.05) is 0 Å². The summed E-state index contributed by atoms with van der Waals surface area (Å²) in [4.78, 5) is 37.6. The Hall–Kier alpha value is -3.52. The molecule has 9 heteroatoms. The van der Waals surface area contributed by atoms with Crippen LogP contribution in [0.3, 0.4) is 0 Å². The fourth-order valence-electron chi connectivity index (χ4n) is 3.32. The van der Waals surface area contributed by atoms with Gasteiger partial charge in [0, 0.05) is 10.6 Å². The molecule has 2 aromatic carbocycles. The average Bonchev–Trinajstić information content (AvgIpc) is 2.97. The lowest BCUT2D eigenvalue weighted by molar-refractivity contribution is -0.146. The van der Waals surface area contributed by atoms with E-state index in [9.17, 15) is 24.6 Å². The quantitative estimate of drug-likeness (QED) is 0.410. The predicted octanol–water partition coefficient (Wildman–Crippen LogP) is 2.86. The van der Waals surface area contributed by atoms with Gasteiger partial charge in [0.2, 0.25) is 0 Å². The standard InChI is InChI=1S/C21H18ClNO7/c1-29-14-8-5-12(9-15(14)30-2)18-17(19(26)11-3-6-13(22)7-4-11)20(27)21(28)23(18)10-16(24)25/h3-9,18,26H,10H2,1-2H3,(H,24,25)/b19-17+. The van der Waals surface area contributed by atoms with Crippen LogP contribution in [-0.4, -0.2) is 53.5 Å². The van der Waals surface area contributed by atoms with Crippen LogP contribution >= 0.6 is 11.6 Å². The highest BCUT2D eigenvalue weighted by Gasteiger charge is 2.47. The van der Waals surface area contributed by atoms with Crippen molar-refractivity contribution in [2.75, 3.05) is 20.8 Å². The molecular weight excluding hydrogens is 414 g/mol. The number of aliphatic carboxylic acids is 1. The van der Waals surface area contributed by atoms with Crippen molar-refractivity contribution in [2.45, 2.75) is 6.04 Å². The van der Waals surface area contributed by atoms with Gasteiger partial charge >= 0.3 is 5.97 Å². The number of carbonyl (C=O) groups excluding carboxylic acids is 2. The highest BCUT2D eigenvalue weighted by atomic mass is 35.5. The summed E-state index contributed by atoms with van der Waals surface area (Å²) in [5.74, 6) is -3.00. The molecule has 2 N–H and O–H groups in total. The minimum absolute atomic E-state index is 0.226. The van der Waals surface area contributed by atoms with Crippen LogP contribution in [-0.2, 0) is 14.4 Å². The number of ketones is 1. The molecule has 156 valence electrons. The lowest BCUT2D eigenvalue weighted by Crippen LogP contribution is -2.34. The summed E-state index contributed by atoms with van der Waals surface area (Å²) < 4.78 is 10.5. The van der Waals surface area contributed by atoms with Crippen molar-refractivity contribution >= 4 is 35.0 Å². The van der Waals surface area contributed by atoms with E-state index in [1.54, 1.807) is 12.1 Å². The van der Waals surface area contributed by atoms with Crippen molar-refractivity contribution in [3.05, 3.63) is 64.2 Å². The van der Waals surface area contributed by atoms with Crippen LogP contribution in [0.1, 0.15) is 17.2 Å². The number of hydrogen-bond acceptors (Lipinski definition) is 6. The Bertz CT molecular complexity index is 1050. The molecule has 0 aliphatic carbocycles. The number of carboxylic acids is 1. The minimum Gasteiger partial charge on any atom is -0.507 e. The van der Waals surface area contributed by atoms with E-state index in [-0.39, 0.29) is 11.1 Å². The number of rotatable bonds is 6. The van der Waals surface area contributed by atoms with Crippen molar-refractivity contribution in [1.82, 2.24) is 4.90 Å². The predicted molar refractivity (Wildman–Crippen MR) is 108 cm³/mol. The highest BCUT2D eigenvalue weighted by molar-refractivity contribution is 6.46. The molecule has 1 aliphatic rings. The summed E-state index contributed by atoms with van der Waals surface area (Å²) in [6.07, 6.45) is 0. The van der Waals surface area contributed by atoms with Gasteiger partial charge in [-0.25, -0.2) is 0 Å². The van der Waals surface area contributed by atoms with Crippen LogP contribution in [0.25, 0.3) is 5.76 Å². The zero-order valence-electron chi connectivity index (χ0n) is 16.1. The zero-order chi connectivity index (χ0) is 22.0. The van der Waals surface area contributed by atoms with Crippen molar-refractivity contribution in [2.24, 2.45) is 0 Å². The molecule has 0 radical (unpaired) electrons. The summed E-state index contributed by atoms with van der Waals surface area (Å²) in [6.45, 7) is -0.721. The number of ether oxygens (including phenoxy) is 2. The molecule has 0 spiro atoms. The molecule has 1 heterocycles. The van der Waals surface area contributed by atoms with Gasteiger partial charge in [0.15, 0.2) is 11.5 Å². The molecule has 0 bridgehead atoms. The Kier molecular flexibility index (Phi) is 5.98. The Labute approximate surface area is 176 Å². The summed E-state index contributed by atoms with van der Waals surface area (Å²) >= 11 is 5.88. The second kappa shape index (κ2) is 8.46. The smallest absolute Gasteiger partial charge is 0.323 e. The number of carbonyl (C=O) groups is 3. The molecule has 2 aromatic rings. The van der Waals surface area contributed by atoms with E-state index >= 15 is 0 Å². The van der Waals surface area contributed by atoms with E-state index in [2.05, 4.69) is 0 Å². The number of benzene rings is 2. The monoisotopic (exact) mass is 431 g/mol. The number of carboxylic acid groups (broad SMARTS) is 1. The van der Waals surface area contributed by atoms with Crippen molar-refractivity contribution in [3.63, 3.8) is 0 Å². The van der Waals surface area contributed by atoms with Crippen LogP contribution in [0.2, 0.25) is 5.02 Å². The first-order chi connectivity index (χ1) is 14.3. The molecule has 1 unspecified atom stereocenters. The van der Waals surface area contributed by atoms with Crippen LogP contribution in [0.15, 0.2) is 48.0 Å². The molecule has 3 rings (SSSR count). The Morgan fingerprint density at radius 2 is 1.67 bits per heavy atom. The maximum Gasteiger partial charge on any atom is 0.323 e. The first-order valence-corrected chi connectivity index (χ1v) is 9.14. The summed E-state index contributed by atoms with van der Waals surface area (Å²) in [6, 6.07) is 9.57. The van der Waals surface area contributed by atoms with Gasteiger partial charge in [-0.1, -0.05) is 17.7 Å². The third-order valence-electron chi connectivity index (χ3n) is 4.69. The van der Waals surface area contributed by atoms with Crippen LogP contribution in [0.5, 0.6) is 11.5 Å². The second-order valence-corrected chi connectivity index (χ2v) is 6.88. The Balaban J connectivity index is 2.22. The first-order valence-electron chi connectivity index (χ1n) is 8.76. The van der Waals surface area contributed by atoms with Crippen LogP contribution < -0.4 is 9.47 Å². The van der Waals surface area contributed by atoms with Gasteiger partial charge in [-0.2, -0.15) is 0 Å².